The van der Waals surface area contributed by atoms with Gasteiger partial charge < -0.3 is 9.47 Å². The van der Waals surface area contributed by atoms with Crippen molar-refractivity contribution in [3.63, 3.8) is 0 Å². The van der Waals surface area contributed by atoms with E-state index in [0.29, 0.717) is 16.6 Å². The van der Waals surface area contributed by atoms with Crippen molar-refractivity contribution >= 4 is 32.4 Å². The van der Waals surface area contributed by atoms with Crippen molar-refractivity contribution in [3.8, 4) is 11.5 Å². The van der Waals surface area contributed by atoms with E-state index >= 15 is 0 Å². The number of fused-ring (bicyclic) bond motifs is 1. The number of nitrogens with zero attached hydrogens (tertiary/aromatic N) is 2. The summed E-state index contributed by atoms with van der Waals surface area (Å²) in [4.78, 5) is 12.5. The first-order chi connectivity index (χ1) is 14.8. The molecule has 9 nitrogen and oxygen atoms in total. The lowest BCUT2D eigenvalue weighted by molar-refractivity contribution is 0.102. The van der Waals surface area contributed by atoms with Crippen LogP contribution in [0.2, 0.25) is 0 Å². The third-order valence-electron chi connectivity index (χ3n) is 4.46. The molecule has 0 spiro atoms. The van der Waals surface area contributed by atoms with E-state index in [-0.39, 0.29) is 29.7 Å². The predicted molar refractivity (Wildman–Crippen MR) is 115 cm³/mol. The zero-order valence-corrected chi connectivity index (χ0v) is 18.4. The minimum atomic E-state index is -3.84. The molecule has 0 fully saturated rings. The number of carbonyl (C=O) groups is 1. The van der Waals surface area contributed by atoms with E-state index in [0.717, 1.165) is 10.6 Å². The van der Waals surface area contributed by atoms with Gasteiger partial charge in [-0.05, 0) is 35.9 Å². The van der Waals surface area contributed by atoms with Crippen molar-refractivity contribution < 1.29 is 22.7 Å². The number of benzene rings is 2. The van der Waals surface area contributed by atoms with Crippen molar-refractivity contribution in [1.82, 2.24) is 14.9 Å². The highest BCUT2D eigenvalue weighted by atomic mass is 32.2. The first-order valence-electron chi connectivity index (χ1n) is 9.45. The molecule has 0 saturated carbocycles. The number of aromatic nitrogens is 2. The van der Waals surface area contributed by atoms with Gasteiger partial charge in [0, 0.05) is 18.0 Å². The smallest absolute Gasteiger partial charge is 0.257 e. The van der Waals surface area contributed by atoms with Crippen LogP contribution in [0, 0.1) is 0 Å². The van der Waals surface area contributed by atoms with Gasteiger partial charge in [0.2, 0.25) is 21.9 Å². The summed E-state index contributed by atoms with van der Waals surface area (Å²) in [5.41, 5.74) is 0.922. The first-order valence-corrected chi connectivity index (χ1v) is 11.7. The Morgan fingerprint density at radius 1 is 1.13 bits per heavy atom. The molecule has 0 aliphatic carbocycles. The summed E-state index contributed by atoms with van der Waals surface area (Å²) in [5, 5.41) is 11.8. The monoisotopic (exact) mass is 460 g/mol. The number of sulfonamides is 1. The summed E-state index contributed by atoms with van der Waals surface area (Å²) in [6.07, 6.45) is 0. The molecule has 162 valence electrons. The van der Waals surface area contributed by atoms with E-state index in [1.165, 1.54) is 35.6 Å². The van der Waals surface area contributed by atoms with Crippen molar-refractivity contribution in [2.24, 2.45) is 0 Å². The highest BCUT2D eigenvalue weighted by Gasteiger charge is 2.19. The number of nitrogens with one attached hydrogen (secondary N) is 2. The maximum absolute atomic E-state index is 12.7. The zero-order chi connectivity index (χ0) is 22.0. The number of amides is 1. The zero-order valence-electron chi connectivity index (χ0n) is 16.8. The van der Waals surface area contributed by atoms with Crippen molar-refractivity contribution in [1.29, 1.82) is 0 Å². The lowest BCUT2D eigenvalue weighted by Crippen LogP contribution is -2.23. The molecule has 0 atom stereocenters. The normalized spacial score (nSPS) is 12.9. The Bertz CT molecular complexity index is 1220. The quantitative estimate of drug-likeness (QED) is 0.556. The second kappa shape index (κ2) is 8.61. The summed E-state index contributed by atoms with van der Waals surface area (Å²) in [6, 6.07) is 11.0. The molecular weight excluding hydrogens is 440 g/mol. The highest BCUT2D eigenvalue weighted by Crippen LogP contribution is 2.32. The highest BCUT2D eigenvalue weighted by molar-refractivity contribution is 7.89. The summed E-state index contributed by atoms with van der Waals surface area (Å²) in [6.45, 7) is 4.18. The first kappa shape index (κ1) is 21.2. The minimum absolute atomic E-state index is 0.0129. The Morgan fingerprint density at radius 2 is 1.94 bits per heavy atom. The molecule has 1 aliphatic rings. The van der Waals surface area contributed by atoms with Gasteiger partial charge in [-0.15, -0.1) is 10.2 Å². The molecule has 1 amide bonds. The largest absolute Gasteiger partial charge is 0.454 e. The number of anilines is 1. The van der Waals surface area contributed by atoms with E-state index in [9.17, 15) is 13.2 Å². The standard InChI is InChI=1S/C20H20N4O5S2/c1-12(2)19-23-24-20(30-19)22-18(25)14-4-3-5-15(9-14)31(26,27)21-10-13-6-7-16-17(8-13)29-11-28-16/h3-9,12,21H,10-11H2,1-2H3,(H,22,24,25). The van der Waals surface area contributed by atoms with Gasteiger partial charge in [-0.1, -0.05) is 37.3 Å². The van der Waals surface area contributed by atoms with Gasteiger partial charge in [0.25, 0.3) is 5.91 Å². The van der Waals surface area contributed by atoms with Crippen LogP contribution >= 0.6 is 11.3 Å². The fraction of sp³-hybridized carbons (Fsp3) is 0.250. The van der Waals surface area contributed by atoms with E-state index in [1.54, 1.807) is 18.2 Å². The average Bonchev–Trinajstić information content (AvgIpc) is 3.41. The van der Waals surface area contributed by atoms with Crippen LogP contribution in [0.1, 0.15) is 40.7 Å². The SMILES string of the molecule is CC(C)c1nnc(NC(=O)c2cccc(S(=O)(=O)NCc3ccc4c(c3)OCO4)c2)s1. The second-order valence-electron chi connectivity index (χ2n) is 7.09. The maximum Gasteiger partial charge on any atom is 0.257 e. The van der Waals surface area contributed by atoms with Gasteiger partial charge in [0.15, 0.2) is 11.5 Å². The summed E-state index contributed by atoms with van der Waals surface area (Å²) < 4.78 is 38.6. The molecule has 0 radical (unpaired) electrons. The molecule has 1 aromatic heterocycles. The third-order valence-corrected chi connectivity index (χ3v) is 7.00. The van der Waals surface area contributed by atoms with Crippen LogP contribution in [0.4, 0.5) is 5.13 Å². The molecule has 31 heavy (non-hydrogen) atoms. The van der Waals surface area contributed by atoms with Gasteiger partial charge >= 0.3 is 0 Å². The Labute approximate surface area is 183 Å². The van der Waals surface area contributed by atoms with Crippen LogP contribution in [0.5, 0.6) is 11.5 Å². The van der Waals surface area contributed by atoms with Gasteiger partial charge in [0.1, 0.15) is 5.01 Å². The second-order valence-corrected chi connectivity index (χ2v) is 9.87. The molecule has 2 heterocycles. The van der Waals surface area contributed by atoms with E-state index < -0.39 is 15.9 Å². The lowest BCUT2D eigenvalue weighted by atomic mass is 10.2. The molecule has 1 aliphatic heterocycles. The molecule has 0 saturated heterocycles. The number of ether oxygens (including phenoxy) is 2. The molecule has 0 bridgehead atoms. The van der Waals surface area contributed by atoms with Crippen molar-refractivity contribution in [2.75, 3.05) is 12.1 Å². The Balaban J connectivity index is 1.45. The molecular formula is C20H20N4O5S2. The Kier molecular flexibility index (Phi) is 5.90. The molecule has 0 unspecified atom stereocenters. The number of hydrogen-bond acceptors (Lipinski definition) is 8. The summed E-state index contributed by atoms with van der Waals surface area (Å²) in [7, 11) is -3.84. The van der Waals surface area contributed by atoms with Crippen molar-refractivity contribution in [2.45, 2.75) is 31.2 Å². The van der Waals surface area contributed by atoms with Crippen LogP contribution in [0.15, 0.2) is 47.4 Å². The molecule has 2 aromatic carbocycles. The molecule has 11 heteroatoms. The molecule has 4 rings (SSSR count). The third kappa shape index (κ3) is 4.84. The summed E-state index contributed by atoms with van der Waals surface area (Å²) >= 11 is 1.28. The van der Waals surface area contributed by atoms with Crippen LogP contribution in [0.25, 0.3) is 0 Å². The van der Waals surface area contributed by atoms with Crippen LogP contribution < -0.4 is 19.5 Å². The number of rotatable bonds is 7. The van der Waals surface area contributed by atoms with Gasteiger partial charge in [-0.25, -0.2) is 13.1 Å². The van der Waals surface area contributed by atoms with Crippen LogP contribution in [0.3, 0.4) is 0 Å². The van der Waals surface area contributed by atoms with E-state index in [4.69, 9.17) is 9.47 Å². The predicted octanol–water partition coefficient (Wildman–Crippen LogP) is 3.12. The van der Waals surface area contributed by atoms with Gasteiger partial charge in [-0.3, -0.25) is 10.1 Å². The molecule has 3 aromatic rings. The van der Waals surface area contributed by atoms with Crippen molar-refractivity contribution in [3.05, 3.63) is 58.6 Å². The Hall–Kier alpha value is -3.02. The van der Waals surface area contributed by atoms with Gasteiger partial charge in [0.05, 0.1) is 4.90 Å². The van der Waals surface area contributed by atoms with Crippen LogP contribution in [-0.4, -0.2) is 31.3 Å². The van der Waals surface area contributed by atoms with Gasteiger partial charge in [-0.2, -0.15) is 0 Å². The lowest BCUT2D eigenvalue weighted by Gasteiger charge is -2.09. The van der Waals surface area contributed by atoms with E-state index in [1.807, 2.05) is 13.8 Å². The number of carbonyl (C=O) groups excluding carboxylic acids is 1. The fourth-order valence-corrected chi connectivity index (χ4v) is 4.61. The Morgan fingerprint density at radius 3 is 2.71 bits per heavy atom. The van der Waals surface area contributed by atoms with E-state index in [2.05, 4.69) is 20.2 Å². The van der Waals surface area contributed by atoms with Crippen LogP contribution in [-0.2, 0) is 16.6 Å². The number of hydrogen-bond donors (Lipinski definition) is 2. The topological polar surface area (TPSA) is 120 Å². The average molecular weight is 461 g/mol. The fourth-order valence-electron chi connectivity index (χ4n) is 2.80. The summed E-state index contributed by atoms with van der Waals surface area (Å²) in [5.74, 6) is 0.945. The maximum atomic E-state index is 12.7. The molecule has 2 N–H and O–H groups in total. The minimum Gasteiger partial charge on any atom is -0.454 e.